The molecule has 3 heterocycles. The Balaban J connectivity index is 1.40. The number of esters is 1. The van der Waals surface area contributed by atoms with Crippen LogP contribution in [0.3, 0.4) is 0 Å². The molecule has 2 aromatic carbocycles. The van der Waals surface area contributed by atoms with Crippen LogP contribution in [0, 0.1) is 0 Å². The van der Waals surface area contributed by atoms with Crippen molar-refractivity contribution in [3.63, 3.8) is 0 Å². The topological polar surface area (TPSA) is 70.9 Å². The van der Waals surface area contributed by atoms with Crippen molar-refractivity contribution in [2.75, 3.05) is 61.9 Å². The standard InChI is InChI=1S/C29H33ClF3N5O3S/c1-3-41-28(39)25-18-34-38(27(25)29(31,32)33)23-5-4-12-36(19-23)26-17-21(30)8-11-24(26)20-6-9-22(10-7-20)35-13-15-37(16-14-35)42(2)40/h6-11,17-18,23H,3-5,12-16,19H2,1-2H3. The summed E-state index contributed by atoms with van der Waals surface area (Å²) in [6, 6.07) is 13.2. The number of rotatable bonds is 7. The van der Waals surface area contributed by atoms with Crippen LogP contribution < -0.4 is 9.80 Å². The third-order valence-corrected chi connectivity index (χ3v) is 9.08. The first-order chi connectivity index (χ1) is 20.1. The molecule has 0 saturated carbocycles. The number of piperazine rings is 1. The molecule has 0 spiro atoms. The normalized spacial score (nSPS) is 19.1. The Bertz CT molecular complexity index is 1440. The first kappa shape index (κ1) is 30.4. The number of aromatic nitrogens is 2. The number of ether oxygens (including phenoxy) is 1. The summed E-state index contributed by atoms with van der Waals surface area (Å²) in [4.78, 5) is 16.6. The number of anilines is 2. The summed E-state index contributed by atoms with van der Waals surface area (Å²) < 4.78 is 62.0. The summed E-state index contributed by atoms with van der Waals surface area (Å²) in [7, 11) is -0.973. The van der Waals surface area contributed by atoms with Gasteiger partial charge in [-0.15, -0.1) is 0 Å². The number of hydrogen-bond donors (Lipinski definition) is 0. The van der Waals surface area contributed by atoms with Crippen LogP contribution in [0.15, 0.2) is 48.7 Å². The molecule has 0 aliphatic carbocycles. The van der Waals surface area contributed by atoms with Crippen LogP contribution in [0.5, 0.6) is 0 Å². The minimum atomic E-state index is -4.77. The van der Waals surface area contributed by atoms with Crippen molar-refractivity contribution < 1.29 is 26.9 Å². The van der Waals surface area contributed by atoms with Crippen LogP contribution in [-0.4, -0.2) is 76.4 Å². The molecule has 42 heavy (non-hydrogen) atoms. The summed E-state index contributed by atoms with van der Waals surface area (Å²) >= 11 is 6.41. The van der Waals surface area contributed by atoms with Gasteiger partial charge in [0, 0.05) is 67.5 Å². The Morgan fingerprint density at radius 2 is 1.79 bits per heavy atom. The molecule has 5 rings (SSSR count). The maximum Gasteiger partial charge on any atom is 0.433 e. The average Bonchev–Trinajstić information content (AvgIpc) is 3.44. The fourth-order valence-corrected chi connectivity index (χ4v) is 6.56. The van der Waals surface area contributed by atoms with E-state index < -0.39 is 40.4 Å². The molecule has 226 valence electrons. The molecule has 1 aromatic heterocycles. The van der Waals surface area contributed by atoms with Crippen molar-refractivity contribution >= 4 is 39.9 Å². The fourth-order valence-electron chi connectivity index (χ4n) is 5.72. The maximum atomic E-state index is 14.2. The van der Waals surface area contributed by atoms with Gasteiger partial charge in [0.25, 0.3) is 0 Å². The number of halogens is 4. The number of hydrogen-bond acceptors (Lipinski definition) is 6. The summed E-state index contributed by atoms with van der Waals surface area (Å²) in [5, 5.41) is 4.55. The maximum absolute atomic E-state index is 14.2. The second-order valence-corrected chi connectivity index (χ2v) is 12.2. The molecule has 2 fully saturated rings. The van der Waals surface area contributed by atoms with E-state index in [0.717, 1.165) is 59.6 Å². The van der Waals surface area contributed by atoms with Gasteiger partial charge in [0.1, 0.15) is 5.56 Å². The molecule has 0 amide bonds. The predicted octanol–water partition coefficient (Wildman–Crippen LogP) is 5.66. The van der Waals surface area contributed by atoms with Crippen LogP contribution in [0.4, 0.5) is 24.5 Å². The number of piperidine rings is 1. The van der Waals surface area contributed by atoms with E-state index in [1.807, 2.05) is 33.5 Å². The van der Waals surface area contributed by atoms with Crippen LogP contribution in [0.1, 0.15) is 41.9 Å². The van der Waals surface area contributed by atoms with Crippen molar-refractivity contribution in [3.8, 4) is 11.1 Å². The SMILES string of the molecule is CCOC(=O)c1cnn(C2CCCN(c3cc(Cl)ccc3-c3ccc(N4CCN(S(C)=O)CC4)cc3)C2)c1C(F)(F)F. The lowest BCUT2D eigenvalue weighted by Crippen LogP contribution is -2.46. The lowest BCUT2D eigenvalue weighted by molar-refractivity contribution is -0.145. The molecule has 3 aromatic rings. The zero-order chi connectivity index (χ0) is 30.0. The van der Waals surface area contributed by atoms with Crippen molar-refractivity contribution in [2.45, 2.75) is 32.0 Å². The van der Waals surface area contributed by atoms with Crippen LogP contribution in [0.25, 0.3) is 11.1 Å². The second kappa shape index (κ2) is 12.6. The molecule has 13 heteroatoms. The van der Waals surface area contributed by atoms with Crippen molar-refractivity contribution in [3.05, 3.63) is 64.9 Å². The number of nitrogens with zero attached hydrogens (tertiary/aromatic N) is 5. The lowest BCUT2D eigenvalue weighted by Gasteiger charge is -2.36. The highest BCUT2D eigenvalue weighted by atomic mass is 35.5. The van der Waals surface area contributed by atoms with Gasteiger partial charge in [-0.25, -0.2) is 13.3 Å². The molecule has 2 unspecified atom stereocenters. The van der Waals surface area contributed by atoms with E-state index in [0.29, 0.717) is 24.4 Å². The van der Waals surface area contributed by atoms with Gasteiger partial charge in [-0.3, -0.25) is 4.68 Å². The Hall–Kier alpha value is -3.09. The quantitative estimate of drug-likeness (QED) is 0.317. The monoisotopic (exact) mass is 623 g/mol. The van der Waals surface area contributed by atoms with E-state index in [1.54, 1.807) is 19.2 Å². The Morgan fingerprint density at radius 3 is 2.43 bits per heavy atom. The number of alkyl halides is 3. The van der Waals surface area contributed by atoms with Gasteiger partial charge < -0.3 is 14.5 Å². The minimum absolute atomic E-state index is 0.0331. The zero-order valence-corrected chi connectivity index (χ0v) is 25.0. The zero-order valence-electron chi connectivity index (χ0n) is 23.4. The van der Waals surface area contributed by atoms with Gasteiger partial charge in [0.05, 0.1) is 29.8 Å². The van der Waals surface area contributed by atoms with E-state index in [2.05, 4.69) is 22.1 Å². The van der Waals surface area contributed by atoms with Gasteiger partial charge in [-0.05, 0) is 49.6 Å². The highest BCUT2D eigenvalue weighted by Crippen LogP contribution is 2.39. The molecule has 8 nitrogen and oxygen atoms in total. The molecule has 2 atom stereocenters. The van der Waals surface area contributed by atoms with Crippen LogP contribution in [-0.2, 0) is 21.9 Å². The van der Waals surface area contributed by atoms with Crippen LogP contribution >= 0.6 is 11.6 Å². The summed E-state index contributed by atoms with van der Waals surface area (Å²) in [6.07, 6.45) is -1.01. The Kier molecular flexibility index (Phi) is 9.14. The highest BCUT2D eigenvalue weighted by Gasteiger charge is 2.42. The number of carbonyl (C=O) groups is 1. The molecule has 2 saturated heterocycles. The molecule has 0 bridgehead atoms. The smallest absolute Gasteiger partial charge is 0.433 e. The molecule has 0 N–H and O–H groups in total. The third-order valence-electron chi connectivity index (χ3n) is 7.75. The van der Waals surface area contributed by atoms with Crippen molar-refractivity contribution in [1.29, 1.82) is 0 Å². The van der Waals surface area contributed by atoms with Gasteiger partial charge in [0.15, 0.2) is 5.69 Å². The van der Waals surface area contributed by atoms with E-state index in [1.165, 1.54) is 0 Å². The number of carbonyl (C=O) groups excluding carboxylic acids is 1. The Labute approximate surface area is 250 Å². The Morgan fingerprint density at radius 1 is 1.07 bits per heavy atom. The fraction of sp³-hybridized carbons (Fsp3) is 0.448. The van der Waals surface area contributed by atoms with E-state index in [-0.39, 0.29) is 13.2 Å². The summed E-state index contributed by atoms with van der Waals surface area (Å²) in [5.41, 5.74) is 2.12. The highest BCUT2D eigenvalue weighted by molar-refractivity contribution is 7.81. The van der Waals surface area contributed by atoms with Gasteiger partial charge in [-0.1, -0.05) is 29.8 Å². The molecule has 2 aliphatic heterocycles. The number of benzene rings is 2. The van der Waals surface area contributed by atoms with E-state index >= 15 is 0 Å². The first-order valence-electron chi connectivity index (χ1n) is 13.9. The minimum Gasteiger partial charge on any atom is -0.462 e. The van der Waals surface area contributed by atoms with Gasteiger partial charge in [-0.2, -0.15) is 18.3 Å². The molecule has 0 radical (unpaired) electrons. The summed E-state index contributed by atoms with van der Waals surface area (Å²) in [6.45, 7) is 5.44. The third kappa shape index (κ3) is 6.45. The lowest BCUT2D eigenvalue weighted by atomic mass is 9.99. The predicted molar refractivity (Wildman–Crippen MR) is 158 cm³/mol. The summed E-state index contributed by atoms with van der Waals surface area (Å²) in [5.74, 6) is -1.04. The molecular weight excluding hydrogens is 591 g/mol. The van der Waals surface area contributed by atoms with Crippen molar-refractivity contribution in [1.82, 2.24) is 14.1 Å². The van der Waals surface area contributed by atoms with Crippen molar-refractivity contribution in [2.24, 2.45) is 0 Å². The molecule has 2 aliphatic rings. The van der Waals surface area contributed by atoms with Gasteiger partial charge in [0.2, 0.25) is 0 Å². The molecular formula is C29H33ClF3N5O3S. The second-order valence-electron chi connectivity index (χ2n) is 10.4. The van der Waals surface area contributed by atoms with Gasteiger partial charge >= 0.3 is 12.1 Å². The van der Waals surface area contributed by atoms with E-state index in [4.69, 9.17) is 16.3 Å². The van der Waals surface area contributed by atoms with E-state index in [9.17, 15) is 22.2 Å². The largest absolute Gasteiger partial charge is 0.462 e. The first-order valence-corrected chi connectivity index (χ1v) is 15.8. The van der Waals surface area contributed by atoms with Crippen LogP contribution in [0.2, 0.25) is 5.02 Å². The average molecular weight is 624 g/mol.